The summed E-state index contributed by atoms with van der Waals surface area (Å²) in [5, 5.41) is 21.6. The minimum atomic E-state index is -1.02. The van der Waals surface area contributed by atoms with Gasteiger partial charge >= 0.3 is 5.97 Å². The topological polar surface area (TPSA) is 86.6 Å². The number of carbonyl (C=O) groups is 2. The molecule has 26 heavy (non-hydrogen) atoms. The molecule has 1 aromatic carbocycles. The molecule has 5 nitrogen and oxygen atoms in total. The van der Waals surface area contributed by atoms with Crippen molar-refractivity contribution in [2.45, 2.75) is 57.4 Å². The summed E-state index contributed by atoms with van der Waals surface area (Å²) in [7, 11) is 0. The first-order valence-corrected chi connectivity index (χ1v) is 9.71. The van der Waals surface area contributed by atoms with E-state index in [2.05, 4.69) is 5.32 Å². The van der Waals surface area contributed by atoms with Crippen LogP contribution in [0.2, 0.25) is 0 Å². The van der Waals surface area contributed by atoms with Gasteiger partial charge in [0.1, 0.15) is 11.8 Å². The van der Waals surface area contributed by atoms with Crippen molar-refractivity contribution in [3.63, 3.8) is 0 Å². The molecule has 5 rings (SSSR count). The number of benzene rings is 1. The lowest BCUT2D eigenvalue weighted by atomic mass is 9.49. The summed E-state index contributed by atoms with van der Waals surface area (Å²) in [6.45, 7) is 0. The fraction of sp³-hybridized carbons (Fsp3) is 0.619. The van der Waals surface area contributed by atoms with E-state index in [9.17, 15) is 19.8 Å². The zero-order valence-corrected chi connectivity index (χ0v) is 15.0. The van der Waals surface area contributed by atoms with Gasteiger partial charge in [-0.1, -0.05) is 12.1 Å². The molecule has 0 spiro atoms. The third-order valence-corrected chi connectivity index (χ3v) is 6.71. The number of carbonyl (C=O) groups excluding carboxylic acids is 1. The Balaban J connectivity index is 1.39. The molecule has 4 bridgehead atoms. The summed E-state index contributed by atoms with van der Waals surface area (Å²) in [5.74, 6) is 1.34. The van der Waals surface area contributed by atoms with Crippen molar-refractivity contribution < 1.29 is 19.8 Å². The molecule has 0 aromatic heterocycles. The quantitative estimate of drug-likeness (QED) is 0.730. The molecule has 5 heteroatoms. The number of carboxylic acid groups (broad SMARTS) is 1. The van der Waals surface area contributed by atoms with Gasteiger partial charge in [-0.2, -0.15) is 0 Å². The van der Waals surface area contributed by atoms with E-state index >= 15 is 0 Å². The number of phenolic OH excluding ortho intramolecular Hbond substituents is 1. The number of aromatic hydroxyl groups is 1. The lowest BCUT2D eigenvalue weighted by molar-refractivity contribution is -0.143. The van der Waals surface area contributed by atoms with Crippen LogP contribution >= 0.6 is 0 Å². The second-order valence-electron chi connectivity index (χ2n) is 8.92. The van der Waals surface area contributed by atoms with Crippen LogP contribution in [0.5, 0.6) is 5.75 Å². The Morgan fingerprint density at radius 3 is 2.08 bits per heavy atom. The Labute approximate surface area is 153 Å². The van der Waals surface area contributed by atoms with E-state index in [0.717, 1.165) is 42.6 Å². The Kier molecular flexibility index (Phi) is 4.41. The second kappa shape index (κ2) is 6.60. The fourth-order valence-corrected chi connectivity index (χ4v) is 6.16. The van der Waals surface area contributed by atoms with Gasteiger partial charge in [-0.3, -0.25) is 4.79 Å². The lowest BCUT2D eigenvalue weighted by Crippen LogP contribution is -2.50. The molecule has 1 aromatic rings. The molecular formula is C21H27NO4. The number of hydrogen-bond acceptors (Lipinski definition) is 3. The Morgan fingerprint density at radius 1 is 1.04 bits per heavy atom. The van der Waals surface area contributed by atoms with Crippen molar-refractivity contribution in [1.82, 2.24) is 5.32 Å². The molecule has 0 saturated heterocycles. The van der Waals surface area contributed by atoms with Crippen molar-refractivity contribution in [2.75, 3.05) is 0 Å². The van der Waals surface area contributed by atoms with Crippen LogP contribution in [0.15, 0.2) is 24.3 Å². The van der Waals surface area contributed by atoms with Crippen LogP contribution in [0.4, 0.5) is 0 Å². The highest BCUT2D eigenvalue weighted by Gasteiger charge is 2.51. The Bertz CT molecular complexity index is 661. The predicted octanol–water partition coefficient (Wildman–Crippen LogP) is 3.11. The first-order chi connectivity index (χ1) is 12.4. The van der Waals surface area contributed by atoms with E-state index in [-0.39, 0.29) is 23.5 Å². The molecule has 4 aliphatic carbocycles. The van der Waals surface area contributed by atoms with E-state index in [0.29, 0.717) is 6.42 Å². The minimum Gasteiger partial charge on any atom is -0.508 e. The predicted molar refractivity (Wildman–Crippen MR) is 96.6 cm³/mol. The number of phenols is 1. The van der Waals surface area contributed by atoms with Crippen LogP contribution in [0.3, 0.4) is 0 Å². The number of amides is 1. The Morgan fingerprint density at radius 2 is 1.58 bits per heavy atom. The summed E-state index contributed by atoms with van der Waals surface area (Å²) < 4.78 is 0. The van der Waals surface area contributed by atoms with Crippen LogP contribution in [-0.2, 0) is 16.0 Å². The molecule has 0 heterocycles. The van der Waals surface area contributed by atoms with Gasteiger partial charge in [0.15, 0.2) is 0 Å². The van der Waals surface area contributed by atoms with Gasteiger partial charge in [0, 0.05) is 12.8 Å². The highest BCUT2D eigenvalue weighted by molar-refractivity contribution is 5.84. The number of aliphatic carboxylic acids is 1. The van der Waals surface area contributed by atoms with Crippen LogP contribution in [0.25, 0.3) is 0 Å². The fourth-order valence-electron chi connectivity index (χ4n) is 6.16. The van der Waals surface area contributed by atoms with Crippen LogP contribution in [-0.4, -0.2) is 28.1 Å². The molecule has 4 aliphatic rings. The third-order valence-electron chi connectivity index (χ3n) is 6.71. The van der Waals surface area contributed by atoms with Crippen molar-refractivity contribution in [2.24, 2.45) is 23.2 Å². The average Bonchev–Trinajstić information content (AvgIpc) is 2.54. The van der Waals surface area contributed by atoms with E-state index in [4.69, 9.17) is 0 Å². The largest absolute Gasteiger partial charge is 0.508 e. The average molecular weight is 357 g/mol. The van der Waals surface area contributed by atoms with Crippen LogP contribution in [0, 0.1) is 23.2 Å². The van der Waals surface area contributed by atoms with Crippen molar-refractivity contribution in [1.29, 1.82) is 0 Å². The molecule has 1 amide bonds. The van der Waals surface area contributed by atoms with Crippen molar-refractivity contribution in [3.05, 3.63) is 29.8 Å². The molecule has 0 unspecified atom stereocenters. The summed E-state index contributed by atoms with van der Waals surface area (Å²) in [6.07, 6.45) is 8.11. The highest BCUT2D eigenvalue weighted by atomic mass is 16.4. The number of rotatable bonds is 6. The third kappa shape index (κ3) is 3.57. The summed E-state index contributed by atoms with van der Waals surface area (Å²) in [6, 6.07) is 5.52. The maximum Gasteiger partial charge on any atom is 0.326 e. The van der Waals surface area contributed by atoms with Gasteiger partial charge in [0.05, 0.1) is 0 Å². The molecule has 1 atom stereocenters. The first-order valence-electron chi connectivity index (χ1n) is 9.71. The molecule has 140 valence electrons. The standard InChI is InChI=1S/C21H27NO4/c23-17-3-1-13(2-4-17)8-18(20(25)26)22-19(24)12-21-9-14-5-15(10-21)7-16(6-14)11-21/h1-4,14-16,18,23H,5-12H2,(H,22,24)(H,25,26)/t14?,15?,16?,18-,21?/m0/s1. The first kappa shape index (κ1) is 17.4. The number of hydrogen-bond donors (Lipinski definition) is 3. The van der Waals surface area contributed by atoms with Gasteiger partial charge < -0.3 is 15.5 Å². The second-order valence-corrected chi connectivity index (χ2v) is 8.92. The lowest BCUT2D eigenvalue weighted by Gasteiger charge is -2.56. The van der Waals surface area contributed by atoms with Gasteiger partial charge in [0.2, 0.25) is 5.91 Å². The maximum atomic E-state index is 12.7. The van der Waals surface area contributed by atoms with E-state index < -0.39 is 12.0 Å². The molecule has 0 aliphatic heterocycles. The van der Waals surface area contributed by atoms with Gasteiger partial charge in [-0.25, -0.2) is 4.79 Å². The Hall–Kier alpha value is -2.04. The van der Waals surface area contributed by atoms with Gasteiger partial charge in [-0.15, -0.1) is 0 Å². The van der Waals surface area contributed by atoms with Crippen LogP contribution in [0.1, 0.15) is 50.5 Å². The summed E-state index contributed by atoms with van der Waals surface area (Å²) in [4.78, 5) is 24.3. The van der Waals surface area contributed by atoms with Gasteiger partial charge in [0.25, 0.3) is 0 Å². The van der Waals surface area contributed by atoms with E-state index in [1.165, 1.54) is 31.4 Å². The highest BCUT2D eigenvalue weighted by Crippen LogP contribution is 2.61. The smallest absolute Gasteiger partial charge is 0.326 e. The van der Waals surface area contributed by atoms with E-state index in [1.807, 2.05) is 0 Å². The van der Waals surface area contributed by atoms with Crippen LogP contribution < -0.4 is 5.32 Å². The monoisotopic (exact) mass is 357 g/mol. The SMILES string of the molecule is O=C(CC12CC3CC(CC(C3)C1)C2)N[C@@H](Cc1ccc(O)cc1)C(=O)O. The number of carboxylic acids is 1. The van der Waals surface area contributed by atoms with Gasteiger partial charge in [-0.05, 0) is 79.4 Å². The zero-order chi connectivity index (χ0) is 18.3. The van der Waals surface area contributed by atoms with E-state index in [1.54, 1.807) is 12.1 Å². The molecule has 4 fully saturated rings. The van der Waals surface area contributed by atoms with Crippen molar-refractivity contribution >= 4 is 11.9 Å². The molecule has 3 N–H and O–H groups in total. The summed E-state index contributed by atoms with van der Waals surface area (Å²) in [5.41, 5.74) is 0.894. The van der Waals surface area contributed by atoms with Crippen molar-refractivity contribution in [3.8, 4) is 5.75 Å². The maximum absolute atomic E-state index is 12.7. The number of nitrogens with one attached hydrogen (secondary N) is 1. The molecular weight excluding hydrogens is 330 g/mol. The molecule has 4 saturated carbocycles. The summed E-state index contributed by atoms with van der Waals surface area (Å²) >= 11 is 0. The minimum absolute atomic E-state index is 0.112. The molecule has 0 radical (unpaired) electrons. The zero-order valence-electron chi connectivity index (χ0n) is 15.0. The normalized spacial score (nSPS) is 33.0.